The zero-order valence-electron chi connectivity index (χ0n) is 12.1. The number of aromatic nitrogens is 1. The molecule has 5 nitrogen and oxygen atoms in total. The van der Waals surface area contributed by atoms with Crippen molar-refractivity contribution in [3.05, 3.63) is 21.9 Å². The lowest BCUT2D eigenvalue weighted by molar-refractivity contribution is 0.172. The highest BCUT2D eigenvalue weighted by molar-refractivity contribution is 9.10. The Labute approximate surface area is 139 Å². The van der Waals surface area contributed by atoms with Crippen molar-refractivity contribution < 1.29 is 8.42 Å². The van der Waals surface area contributed by atoms with Crippen LogP contribution in [-0.2, 0) is 10.0 Å². The first-order chi connectivity index (χ1) is 9.80. The van der Waals surface area contributed by atoms with Gasteiger partial charge in [0.05, 0.1) is 0 Å². The third-order valence-corrected chi connectivity index (χ3v) is 6.10. The minimum absolute atomic E-state index is 0.0165. The largest absolute Gasteiger partial charge is 0.300 e. The fourth-order valence-corrected chi connectivity index (χ4v) is 4.74. The Morgan fingerprint density at radius 1 is 1.33 bits per heavy atom. The summed E-state index contributed by atoms with van der Waals surface area (Å²) in [6, 6.07) is 1.51. The maximum absolute atomic E-state index is 12.7. The molecule has 1 aromatic heterocycles. The van der Waals surface area contributed by atoms with E-state index in [-0.39, 0.29) is 10.0 Å². The molecule has 1 aromatic rings. The molecule has 1 fully saturated rings. The lowest BCUT2D eigenvalue weighted by Gasteiger charge is -2.34. The van der Waals surface area contributed by atoms with E-state index in [0.29, 0.717) is 23.5 Å². The fraction of sp³-hybridized carbons (Fsp3) is 0.615. The molecular weight excluding hydrogens is 378 g/mol. The van der Waals surface area contributed by atoms with Crippen molar-refractivity contribution in [2.45, 2.75) is 18.7 Å². The number of piperazine rings is 1. The highest BCUT2D eigenvalue weighted by atomic mass is 79.9. The second-order valence-electron chi connectivity index (χ2n) is 5.54. The molecule has 118 valence electrons. The van der Waals surface area contributed by atoms with E-state index in [4.69, 9.17) is 11.6 Å². The lowest BCUT2D eigenvalue weighted by atomic mass is 10.2. The first kappa shape index (κ1) is 17.1. The molecule has 0 radical (unpaired) electrons. The molecule has 1 aliphatic rings. The third kappa shape index (κ3) is 4.16. The predicted octanol–water partition coefficient (Wildman–Crippen LogP) is 2.46. The SMILES string of the molecule is CC(C)CN1CCN(S(=O)(=O)c2cc(Br)cnc2Cl)CC1. The van der Waals surface area contributed by atoms with Crippen LogP contribution in [0, 0.1) is 5.92 Å². The highest BCUT2D eigenvalue weighted by Crippen LogP contribution is 2.26. The molecule has 2 rings (SSSR count). The van der Waals surface area contributed by atoms with Gasteiger partial charge in [-0.05, 0) is 27.9 Å². The summed E-state index contributed by atoms with van der Waals surface area (Å²) in [4.78, 5) is 6.25. The first-order valence-electron chi connectivity index (χ1n) is 6.84. The standard InChI is InChI=1S/C13H19BrClN3O2S/c1-10(2)9-17-3-5-18(6-4-17)21(19,20)12-7-11(14)8-16-13(12)15/h7-8,10H,3-6,9H2,1-2H3. The number of sulfonamides is 1. The maximum atomic E-state index is 12.7. The maximum Gasteiger partial charge on any atom is 0.246 e. The monoisotopic (exact) mass is 395 g/mol. The number of hydrogen-bond acceptors (Lipinski definition) is 4. The van der Waals surface area contributed by atoms with Crippen LogP contribution in [0.5, 0.6) is 0 Å². The Morgan fingerprint density at radius 2 is 1.95 bits per heavy atom. The molecule has 0 atom stereocenters. The minimum Gasteiger partial charge on any atom is -0.300 e. The van der Waals surface area contributed by atoms with Gasteiger partial charge in [-0.1, -0.05) is 25.4 Å². The molecule has 0 saturated carbocycles. The van der Waals surface area contributed by atoms with E-state index in [1.807, 2.05) is 0 Å². The van der Waals surface area contributed by atoms with Crippen molar-refractivity contribution in [1.29, 1.82) is 0 Å². The number of halogens is 2. The summed E-state index contributed by atoms with van der Waals surface area (Å²) >= 11 is 9.19. The minimum atomic E-state index is -3.58. The molecule has 2 heterocycles. The summed E-state index contributed by atoms with van der Waals surface area (Å²) in [5.41, 5.74) is 0. The van der Waals surface area contributed by atoms with Gasteiger partial charge in [-0.15, -0.1) is 0 Å². The zero-order chi connectivity index (χ0) is 15.6. The van der Waals surface area contributed by atoms with Crippen LogP contribution < -0.4 is 0 Å². The Bertz CT molecular complexity index is 601. The van der Waals surface area contributed by atoms with E-state index < -0.39 is 10.0 Å². The summed E-state index contributed by atoms with van der Waals surface area (Å²) < 4.78 is 27.4. The first-order valence-corrected chi connectivity index (χ1v) is 9.45. The van der Waals surface area contributed by atoms with Gasteiger partial charge in [-0.2, -0.15) is 4.31 Å². The van der Waals surface area contributed by atoms with Crippen molar-refractivity contribution in [2.24, 2.45) is 5.92 Å². The Balaban J connectivity index is 2.13. The second-order valence-corrected chi connectivity index (χ2v) is 8.72. The number of pyridine rings is 1. The highest BCUT2D eigenvalue weighted by Gasteiger charge is 2.30. The summed E-state index contributed by atoms with van der Waals surface area (Å²) in [6.45, 7) is 7.78. The molecule has 1 aliphatic heterocycles. The molecular formula is C13H19BrClN3O2S. The van der Waals surface area contributed by atoms with Crippen molar-refractivity contribution in [1.82, 2.24) is 14.2 Å². The Hall–Kier alpha value is -0.210. The van der Waals surface area contributed by atoms with Crippen molar-refractivity contribution in [3.8, 4) is 0 Å². The molecule has 0 aromatic carbocycles. The second kappa shape index (κ2) is 6.91. The van der Waals surface area contributed by atoms with E-state index in [1.54, 1.807) is 0 Å². The molecule has 0 aliphatic carbocycles. The van der Waals surface area contributed by atoms with E-state index in [1.165, 1.54) is 16.6 Å². The quantitative estimate of drug-likeness (QED) is 0.734. The lowest BCUT2D eigenvalue weighted by Crippen LogP contribution is -2.49. The van der Waals surface area contributed by atoms with E-state index in [0.717, 1.165) is 19.6 Å². The van der Waals surface area contributed by atoms with Crippen molar-refractivity contribution in [2.75, 3.05) is 32.7 Å². The summed E-state index contributed by atoms with van der Waals surface area (Å²) in [5.74, 6) is 0.580. The van der Waals surface area contributed by atoms with Gasteiger partial charge in [0.2, 0.25) is 10.0 Å². The van der Waals surface area contributed by atoms with Crippen LogP contribution in [0.3, 0.4) is 0 Å². The molecule has 0 unspecified atom stereocenters. The van der Waals surface area contributed by atoms with Crippen molar-refractivity contribution >= 4 is 37.6 Å². The van der Waals surface area contributed by atoms with Crippen LogP contribution in [-0.4, -0.2) is 55.3 Å². The molecule has 1 saturated heterocycles. The van der Waals surface area contributed by atoms with E-state index >= 15 is 0 Å². The smallest absolute Gasteiger partial charge is 0.246 e. The van der Waals surface area contributed by atoms with E-state index in [2.05, 4.69) is 39.7 Å². The normalized spacial score (nSPS) is 18.3. The zero-order valence-corrected chi connectivity index (χ0v) is 15.2. The van der Waals surface area contributed by atoms with Crippen molar-refractivity contribution in [3.63, 3.8) is 0 Å². The van der Waals surface area contributed by atoms with Crippen LogP contribution >= 0.6 is 27.5 Å². The predicted molar refractivity (Wildman–Crippen MR) is 87.0 cm³/mol. The number of rotatable bonds is 4. The molecule has 0 N–H and O–H groups in total. The molecule has 8 heteroatoms. The summed E-state index contributed by atoms with van der Waals surface area (Å²) in [5, 5.41) is 0.0165. The summed E-state index contributed by atoms with van der Waals surface area (Å²) in [6.07, 6.45) is 1.49. The fourth-order valence-electron chi connectivity index (χ4n) is 2.39. The average Bonchev–Trinajstić information content (AvgIpc) is 2.41. The van der Waals surface area contributed by atoms with E-state index in [9.17, 15) is 8.42 Å². The number of nitrogens with zero attached hydrogens (tertiary/aromatic N) is 3. The Kier molecular flexibility index (Phi) is 5.65. The van der Waals surface area contributed by atoms with Crippen LogP contribution in [0.4, 0.5) is 0 Å². The van der Waals surface area contributed by atoms with Gasteiger partial charge in [0.25, 0.3) is 0 Å². The van der Waals surface area contributed by atoms with Crippen LogP contribution in [0.25, 0.3) is 0 Å². The van der Waals surface area contributed by atoms with Crippen LogP contribution in [0.2, 0.25) is 5.15 Å². The summed E-state index contributed by atoms with van der Waals surface area (Å²) in [7, 11) is -3.58. The molecule has 0 spiro atoms. The van der Waals surface area contributed by atoms with Gasteiger partial charge < -0.3 is 4.90 Å². The Morgan fingerprint density at radius 3 is 2.52 bits per heavy atom. The molecule has 21 heavy (non-hydrogen) atoms. The average molecular weight is 397 g/mol. The van der Waals surface area contributed by atoms with Gasteiger partial charge in [0.1, 0.15) is 10.0 Å². The molecule has 0 bridgehead atoms. The van der Waals surface area contributed by atoms with Gasteiger partial charge in [0.15, 0.2) is 0 Å². The molecule has 0 amide bonds. The van der Waals surface area contributed by atoms with Gasteiger partial charge >= 0.3 is 0 Å². The van der Waals surface area contributed by atoms with Gasteiger partial charge in [0, 0.05) is 43.4 Å². The number of hydrogen-bond donors (Lipinski definition) is 0. The topological polar surface area (TPSA) is 53.5 Å². The third-order valence-electron chi connectivity index (χ3n) is 3.35. The van der Waals surface area contributed by atoms with Crippen LogP contribution in [0.1, 0.15) is 13.8 Å². The van der Waals surface area contributed by atoms with Gasteiger partial charge in [-0.3, -0.25) is 0 Å². The van der Waals surface area contributed by atoms with Gasteiger partial charge in [-0.25, -0.2) is 13.4 Å². The van der Waals surface area contributed by atoms with Crippen LogP contribution in [0.15, 0.2) is 21.6 Å².